The van der Waals surface area contributed by atoms with Gasteiger partial charge in [-0.1, -0.05) is 97.1 Å². The van der Waals surface area contributed by atoms with Gasteiger partial charge in [-0.25, -0.2) is 15.0 Å². The van der Waals surface area contributed by atoms with E-state index < -0.39 is 0 Å². The molecule has 5 heteroatoms. The first-order valence-electron chi connectivity index (χ1n) is 14.9. The summed E-state index contributed by atoms with van der Waals surface area (Å²) in [6, 6.07) is 45.8. The molecule has 3 heterocycles. The maximum absolute atomic E-state index is 6.21. The second-order valence-corrected chi connectivity index (χ2v) is 11.2. The van der Waals surface area contributed by atoms with E-state index in [0.717, 1.165) is 60.2 Å². The molecule has 0 saturated heterocycles. The zero-order valence-corrected chi connectivity index (χ0v) is 24.1. The van der Waals surface area contributed by atoms with E-state index in [0.29, 0.717) is 17.5 Å². The molecule has 0 aliphatic carbocycles. The van der Waals surface area contributed by atoms with Gasteiger partial charge in [-0.05, 0) is 63.7 Å². The first-order chi connectivity index (χ1) is 22.3. The third-order valence-corrected chi connectivity index (χ3v) is 8.38. The fourth-order valence-corrected chi connectivity index (χ4v) is 6.13. The smallest absolute Gasteiger partial charge is 0.164 e. The lowest BCUT2D eigenvalue weighted by Crippen LogP contribution is -2.00. The van der Waals surface area contributed by atoms with Crippen molar-refractivity contribution >= 4 is 43.5 Å². The summed E-state index contributed by atoms with van der Waals surface area (Å²) in [5.41, 5.74) is 6.76. The Balaban J connectivity index is 1.25. The topological polar surface area (TPSA) is 64.7 Å². The molecule has 0 aliphatic rings. The summed E-state index contributed by atoms with van der Waals surface area (Å²) in [6.07, 6.45) is 3.67. The molecule has 45 heavy (non-hydrogen) atoms. The minimum atomic E-state index is 0.599. The molecule has 0 radical (unpaired) electrons. The van der Waals surface area contributed by atoms with Gasteiger partial charge < -0.3 is 4.42 Å². The highest BCUT2D eigenvalue weighted by Crippen LogP contribution is 2.37. The summed E-state index contributed by atoms with van der Waals surface area (Å²) in [5.74, 6) is 1.82. The summed E-state index contributed by atoms with van der Waals surface area (Å²) >= 11 is 0. The van der Waals surface area contributed by atoms with Gasteiger partial charge in [0.15, 0.2) is 17.5 Å². The number of para-hydroxylation sites is 1. The van der Waals surface area contributed by atoms with Crippen LogP contribution in [0.3, 0.4) is 0 Å². The molecule has 210 valence electrons. The Hall–Kier alpha value is -6.20. The highest BCUT2D eigenvalue weighted by molar-refractivity contribution is 6.11. The molecule has 0 saturated carbocycles. The molecule has 0 unspecified atom stereocenters. The standard InChI is InChI=1S/C40H24N4O/c1-2-7-25(8-3-1)26-13-14-28-22-30(16-15-27(28)21-26)38-42-39(31-17-18-32-24-41-20-19-29(32)23-31)44-40(43-38)34-10-6-12-36-37(34)33-9-4-5-11-35(33)45-36/h1-24H. The number of nitrogens with zero attached hydrogens (tertiary/aromatic N) is 4. The Morgan fingerprint density at radius 1 is 0.422 bits per heavy atom. The van der Waals surface area contributed by atoms with Crippen LogP contribution >= 0.6 is 0 Å². The number of pyridine rings is 1. The predicted octanol–water partition coefficient (Wildman–Crippen LogP) is 10.1. The average molecular weight is 577 g/mol. The first kappa shape index (κ1) is 25.3. The van der Waals surface area contributed by atoms with Crippen molar-refractivity contribution in [3.05, 3.63) is 146 Å². The van der Waals surface area contributed by atoms with Crippen LogP contribution in [0.25, 0.3) is 88.8 Å². The number of hydrogen-bond acceptors (Lipinski definition) is 5. The van der Waals surface area contributed by atoms with Gasteiger partial charge in [-0.2, -0.15) is 0 Å². The van der Waals surface area contributed by atoms with Gasteiger partial charge in [0.2, 0.25) is 0 Å². The molecule has 9 rings (SSSR count). The van der Waals surface area contributed by atoms with Crippen molar-refractivity contribution in [1.29, 1.82) is 0 Å². The van der Waals surface area contributed by atoms with E-state index in [-0.39, 0.29) is 0 Å². The summed E-state index contributed by atoms with van der Waals surface area (Å²) < 4.78 is 6.21. The van der Waals surface area contributed by atoms with Crippen LogP contribution < -0.4 is 0 Å². The van der Waals surface area contributed by atoms with Crippen LogP contribution in [0.4, 0.5) is 0 Å². The molecule has 5 nitrogen and oxygen atoms in total. The van der Waals surface area contributed by atoms with Crippen molar-refractivity contribution in [1.82, 2.24) is 19.9 Å². The van der Waals surface area contributed by atoms with E-state index in [4.69, 9.17) is 19.4 Å². The molecule has 0 amide bonds. The molecule has 0 aliphatic heterocycles. The fourth-order valence-electron chi connectivity index (χ4n) is 6.13. The fraction of sp³-hybridized carbons (Fsp3) is 0. The predicted molar refractivity (Wildman–Crippen MR) is 182 cm³/mol. The van der Waals surface area contributed by atoms with Gasteiger partial charge >= 0.3 is 0 Å². The summed E-state index contributed by atoms with van der Waals surface area (Å²) in [7, 11) is 0. The lowest BCUT2D eigenvalue weighted by Gasteiger charge is -2.11. The molecule has 3 aromatic heterocycles. The Morgan fingerprint density at radius 2 is 1.04 bits per heavy atom. The normalized spacial score (nSPS) is 11.6. The van der Waals surface area contributed by atoms with E-state index in [1.165, 1.54) is 11.1 Å². The average Bonchev–Trinajstić information content (AvgIpc) is 3.50. The van der Waals surface area contributed by atoms with Crippen molar-refractivity contribution in [2.45, 2.75) is 0 Å². The second kappa shape index (κ2) is 10.2. The van der Waals surface area contributed by atoms with Gasteiger partial charge in [-0.3, -0.25) is 4.98 Å². The third kappa shape index (κ3) is 4.41. The van der Waals surface area contributed by atoms with Crippen LogP contribution in [0.5, 0.6) is 0 Å². The van der Waals surface area contributed by atoms with Crippen molar-refractivity contribution in [3.8, 4) is 45.3 Å². The molecule has 0 spiro atoms. The second-order valence-electron chi connectivity index (χ2n) is 11.2. The van der Waals surface area contributed by atoms with E-state index in [9.17, 15) is 0 Å². The molecular formula is C40H24N4O. The van der Waals surface area contributed by atoms with Crippen molar-refractivity contribution in [2.75, 3.05) is 0 Å². The van der Waals surface area contributed by atoms with Crippen LogP contribution in [0.1, 0.15) is 0 Å². The van der Waals surface area contributed by atoms with Gasteiger partial charge in [0, 0.05) is 45.2 Å². The molecule has 0 atom stereocenters. The summed E-state index contributed by atoms with van der Waals surface area (Å²) in [6.45, 7) is 0. The zero-order valence-electron chi connectivity index (χ0n) is 24.1. The maximum atomic E-state index is 6.21. The van der Waals surface area contributed by atoms with Gasteiger partial charge in [-0.15, -0.1) is 0 Å². The molecule has 0 bridgehead atoms. The number of rotatable bonds is 4. The Bertz CT molecular complexity index is 2550. The van der Waals surface area contributed by atoms with Crippen LogP contribution in [0.15, 0.2) is 150 Å². The lowest BCUT2D eigenvalue weighted by molar-refractivity contribution is 0.669. The number of fused-ring (bicyclic) bond motifs is 5. The highest BCUT2D eigenvalue weighted by Gasteiger charge is 2.18. The largest absolute Gasteiger partial charge is 0.456 e. The number of benzene rings is 6. The van der Waals surface area contributed by atoms with Crippen molar-refractivity contribution in [2.24, 2.45) is 0 Å². The Labute approximate surface area is 258 Å². The zero-order chi connectivity index (χ0) is 29.7. The molecule has 9 aromatic rings. The maximum Gasteiger partial charge on any atom is 0.164 e. The summed E-state index contributed by atoms with van der Waals surface area (Å²) in [5, 5.41) is 6.45. The lowest BCUT2D eigenvalue weighted by atomic mass is 10.00. The quantitative estimate of drug-likeness (QED) is 0.209. The van der Waals surface area contributed by atoms with Crippen LogP contribution in [-0.4, -0.2) is 19.9 Å². The minimum Gasteiger partial charge on any atom is -0.456 e. The third-order valence-electron chi connectivity index (χ3n) is 8.38. The molecule has 0 fully saturated rings. The first-order valence-corrected chi connectivity index (χ1v) is 14.9. The molecular weight excluding hydrogens is 552 g/mol. The van der Waals surface area contributed by atoms with Crippen LogP contribution in [0, 0.1) is 0 Å². The van der Waals surface area contributed by atoms with Gasteiger partial charge in [0.1, 0.15) is 11.2 Å². The minimum absolute atomic E-state index is 0.599. The summed E-state index contributed by atoms with van der Waals surface area (Å²) in [4.78, 5) is 19.5. The van der Waals surface area contributed by atoms with Crippen molar-refractivity contribution in [3.63, 3.8) is 0 Å². The van der Waals surface area contributed by atoms with Crippen LogP contribution in [0.2, 0.25) is 0 Å². The number of furan rings is 1. The van der Waals surface area contributed by atoms with E-state index in [1.807, 2.05) is 54.7 Å². The van der Waals surface area contributed by atoms with Crippen molar-refractivity contribution < 1.29 is 4.42 Å². The number of aromatic nitrogens is 4. The van der Waals surface area contributed by atoms with E-state index in [1.54, 1.807) is 6.20 Å². The Morgan fingerprint density at radius 3 is 1.84 bits per heavy atom. The monoisotopic (exact) mass is 576 g/mol. The highest BCUT2D eigenvalue weighted by atomic mass is 16.3. The van der Waals surface area contributed by atoms with Gasteiger partial charge in [0.25, 0.3) is 0 Å². The van der Waals surface area contributed by atoms with Gasteiger partial charge in [0.05, 0.1) is 0 Å². The Kier molecular flexibility index (Phi) is 5.74. The van der Waals surface area contributed by atoms with E-state index >= 15 is 0 Å². The SMILES string of the molecule is c1ccc(-c2ccc3cc(-c4nc(-c5ccc6cnccc6c5)nc(-c5cccc6oc7ccccc7c56)n4)ccc3c2)cc1. The molecule has 0 N–H and O–H groups in total. The number of hydrogen-bond donors (Lipinski definition) is 0. The molecule has 6 aromatic carbocycles. The van der Waals surface area contributed by atoms with Crippen LogP contribution in [-0.2, 0) is 0 Å². The van der Waals surface area contributed by atoms with E-state index in [2.05, 4.69) is 89.9 Å².